The van der Waals surface area contributed by atoms with E-state index in [9.17, 15) is 0 Å². The van der Waals surface area contributed by atoms with Crippen LogP contribution in [0.1, 0.15) is 41.9 Å². The van der Waals surface area contributed by atoms with E-state index >= 15 is 0 Å². The van der Waals surface area contributed by atoms with Gasteiger partial charge in [-0.15, -0.1) is 11.3 Å². The van der Waals surface area contributed by atoms with Gasteiger partial charge in [0, 0.05) is 17.6 Å². The second kappa shape index (κ2) is 6.65. The minimum Gasteiger partial charge on any atom is -0.362 e. The molecule has 0 saturated carbocycles. The maximum Gasteiger partial charge on any atom is 0.224 e. The van der Waals surface area contributed by atoms with Gasteiger partial charge in [0.25, 0.3) is 0 Å². The van der Waals surface area contributed by atoms with E-state index in [1.807, 2.05) is 19.9 Å². The fourth-order valence-corrected chi connectivity index (χ4v) is 2.93. The first-order valence-electron chi connectivity index (χ1n) is 6.87. The van der Waals surface area contributed by atoms with Crippen LogP contribution in [0.4, 0.5) is 11.8 Å². The van der Waals surface area contributed by atoms with Gasteiger partial charge in [-0.25, -0.2) is 9.97 Å². The first-order chi connectivity index (χ1) is 9.60. The average molecular weight is 291 g/mol. The lowest BCUT2D eigenvalue weighted by Gasteiger charge is -2.14. The predicted octanol–water partition coefficient (Wildman–Crippen LogP) is 3.54. The lowest BCUT2D eigenvalue weighted by molar-refractivity contribution is 0.875. The molecule has 0 bridgehead atoms. The molecule has 0 fully saturated rings. The zero-order valence-electron chi connectivity index (χ0n) is 12.4. The van der Waals surface area contributed by atoms with Crippen molar-refractivity contribution >= 4 is 23.1 Å². The zero-order chi connectivity index (χ0) is 14.5. The van der Waals surface area contributed by atoms with Crippen molar-refractivity contribution in [3.05, 3.63) is 27.8 Å². The number of rotatable bonds is 6. The second-order valence-electron chi connectivity index (χ2n) is 4.74. The van der Waals surface area contributed by atoms with E-state index in [0.717, 1.165) is 29.5 Å². The Bertz CT molecular complexity index is 566. The van der Waals surface area contributed by atoms with Crippen molar-refractivity contribution in [2.24, 2.45) is 0 Å². The standard InChI is InChI=1S/C14H21N5S/c1-5-7-15-14-16-8-6-12(19-14)18-10(3)13-9(2)17-11(4)20-13/h6,8,10H,5,7H2,1-4H3,(H2,15,16,18,19). The fourth-order valence-electron chi connectivity index (χ4n) is 2.00. The third-order valence-corrected chi connectivity index (χ3v) is 4.14. The van der Waals surface area contributed by atoms with Gasteiger partial charge >= 0.3 is 0 Å². The van der Waals surface area contributed by atoms with Crippen LogP contribution in [0.15, 0.2) is 12.3 Å². The van der Waals surface area contributed by atoms with Gasteiger partial charge in [0.1, 0.15) is 5.82 Å². The number of hydrogen-bond acceptors (Lipinski definition) is 6. The summed E-state index contributed by atoms with van der Waals surface area (Å²) >= 11 is 1.73. The minimum atomic E-state index is 0.190. The lowest BCUT2D eigenvalue weighted by atomic mass is 10.2. The molecule has 0 radical (unpaired) electrons. The van der Waals surface area contributed by atoms with E-state index in [2.05, 4.69) is 39.4 Å². The van der Waals surface area contributed by atoms with Gasteiger partial charge < -0.3 is 10.6 Å². The summed E-state index contributed by atoms with van der Waals surface area (Å²) in [5, 5.41) is 7.70. The summed E-state index contributed by atoms with van der Waals surface area (Å²) in [7, 11) is 0. The molecule has 1 atom stereocenters. The quantitative estimate of drug-likeness (QED) is 0.852. The van der Waals surface area contributed by atoms with Crippen molar-refractivity contribution in [3.8, 4) is 0 Å². The Balaban J connectivity index is 2.07. The first-order valence-corrected chi connectivity index (χ1v) is 7.69. The van der Waals surface area contributed by atoms with Crippen LogP contribution in [0.2, 0.25) is 0 Å². The van der Waals surface area contributed by atoms with Crippen LogP contribution in [0.5, 0.6) is 0 Å². The van der Waals surface area contributed by atoms with Crippen LogP contribution in [-0.4, -0.2) is 21.5 Å². The molecule has 0 aromatic carbocycles. The highest BCUT2D eigenvalue weighted by molar-refractivity contribution is 7.11. The minimum absolute atomic E-state index is 0.190. The van der Waals surface area contributed by atoms with E-state index in [-0.39, 0.29) is 6.04 Å². The van der Waals surface area contributed by atoms with Crippen LogP contribution < -0.4 is 10.6 Å². The molecule has 2 heterocycles. The molecule has 108 valence electrons. The van der Waals surface area contributed by atoms with Gasteiger partial charge in [-0.3, -0.25) is 0 Å². The molecule has 2 aromatic rings. The third kappa shape index (κ3) is 3.66. The Morgan fingerprint density at radius 2 is 2.10 bits per heavy atom. The largest absolute Gasteiger partial charge is 0.362 e. The Labute approximate surface area is 123 Å². The van der Waals surface area contributed by atoms with Crippen LogP contribution in [0.25, 0.3) is 0 Å². The molecule has 0 aliphatic heterocycles. The smallest absolute Gasteiger partial charge is 0.224 e. The summed E-state index contributed by atoms with van der Waals surface area (Å²) in [6.07, 6.45) is 2.82. The normalized spacial score (nSPS) is 12.2. The zero-order valence-corrected chi connectivity index (χ0v) is 13.2. The Kier molecular flexibility index (Phi) is 4.89. The number of aromatic nitrogens is 3. The summed E-state index contributed by atoms with van der Waals surface area (Å²) < 4.78 is 0. The average Bonchev–Trinajstić information content (AvgIpc) is 2.76. The number of hydrogen-bond donors (Lipinski definition) is 2. The Morgan fingerprint density at radius 3 is 2.75 bits per heavy atom. The van der Waals surface area contributed by atoms with Crippen molar-refractivity contribution in [2.45, 2.75) is 40.2 Å². The summed E-state index contributed by atoms with van der Waals surface area (Å²) in [6, 6.07) is 2.08. The highest BCUT2D eigenvalue weighted by Gasteiger charge is 2.13. The number of nitrogens with zero attached hydrogens (tertiary/aromatic N) is 3. The molecular weight excluding hydrogens is 270 g/mol. The van der Waals surface area contributed by atoms with Gasteiger partial charge in [0.05, 0.1) is 16.7 Å². The van der Waals surface area contributed by atoms with Crippen LogP contribution in [-0.2, 0) is 0 Å². The summed E-state index contributed by atoms with van der Waals surface area (Å²) in [5.74, 6) is 1.50. The Hall–Kier alpha value is -1.69. The Morgan fingerprint density at radius 1 is 1.30 bits per heavy atom. The first kappa shape index (κ1) is 14.7. The number of thiazole rings is 1. The molecule has 2 rings (SSSR count). The van der Waals surface area contributed by atoms with Gasteiger partial charge in [-0.2, -0.15) is 4.98 Å². The molecule has 0 saturated heterocycles. The van der Waals surface area contributed by atoms with Gasteiger partial charge in [-0.05, 0) is 33.3 Å². The third-order valence-electron chi connectivity index (χ3n) is 2.89. The van der Waals surface area contributed by atoms with Crippen molar-refractivity contribution in [2.75, 3.05) is 17.2 Å². The van der Waals surface area contributed by atoms with Crippen LogP contribution in [0.3, 0.4) is 0 Å². The molecular formula is C14H21N5S. The predicted molar refractivity (Wildman–Crippen MR) is 84.4 cm³/mol. The summed E-state index contributed by atoms with van der Waals surface area (Å²) in [5.41, 5.74) is 1.09. The van der Waals surface area contributed by atoms with Crippen molar-refractivity contribution < 1.29 is 0 Å². The number of anilines is 2. The molecule has 6 heteroatoms. The topological polar surface area (TPSA) is 62.7 Å². The lowest BCUT2D eigenvalue weighted by Crippen LogP contribution is -2.10. The van der Waals surface area contributed by atoms with Gasteiger partial charge in [0.15, 0.2) is 0 Å². The van der Waals surface area contributed by atoms with E-state index in [0.29, 0.717) is 5.95 Å². The van der Waals surface area contributed by atoms with Crippen LogP contribution >= 0.6 is 11.3 Å². The fraction of sp³-hybridized carbons (Fsp3) is 0.500. The van der Waals surface area contributed by atoms with Crippen LogP contribution in [0, 0.1) is 13.8 Å². The molecule has 0 aliphatic carbocycles. The second-order valence-corrected chi connectivity index (χ2v) is 5.98. The molecule has 1 unspecified atom stereocenters. The van der Waals surface area contributed by atoms with E-state index in [1.165, 1.54) is 4.88 Å². The highest BCUT2D eigenvalue weighted by atomic mass is 32.1. The van der Waals surface area contributed by atoms with Crippen molar-refractivity contribution in [1.29, 1.82) is 0 Å². The van der Waals surface area contributed by atoms with Gasteiger partial charge in [-0.1, -0.05) is 6.92 Å². The maximum atomic E-state index is 4.47. The molecule has 20 heavy (non-hydrogen) atoms. The van der Waals surface area contributed by atoms with E-state index < -0.39 is 0 Å². The highest BCUT2D eigenvalue weighted by Crippen LogP contribution is 2.26. The maximum absolute atomic E-state index is 4.47. The monoisotopic (exact) mass is 291 g/mol. The van der Waals surface area contributed by atoms with Crippen molar-refractivity contribution in [1.82, 2.24) is 15.0 Å². The van der Waals surface area contributed by atoms with Gasteiger partial charge in [0.2, 0.25) is 5.95 Å². The van der Waals surface area contributed by atoms with E-state index in [4.69, 9.17) is 0 Å². The summed E-state index contributed by atoms with van der Waals surface area (Å²) in [6.45, 7) is 9.20. The number of aryl methyl sites for hydroxylation is 2. The molecule has 2 aromatic heterocycles. The molecule has 0 amide bonds. The molecule has 0 spiro atoms. The molecule has 2 N–H and O–H groups in total. The molecule has 5 nitrogen and oxygen atoms in total. The SMILES string of the molecule is CCCNc1nccc(NC(C)c2sc(C)nc2C)n1. The van der Waals surface area contributed by atoms with Crippen molar-refractivity contribution in [3.63, 3.8) is 0 Å². The number of nitrogens with one attached hydrogen (secondary N) is 2. The summed E-state index contributed by atoms with van der Waals surface area (Å²) in [4.78, 5) is 14.4. The van der Waals surface area contributed by atoms with E-state index in [1.54, 1.807) is 17.5 Å². The molecule has 0 aliphatic rings.